The number of hydrogen-bond donors (Lipinski definition) is 2. The van der Waals surface area contributed by atoms with Gasteiger partial charge in [0.2, 0.25) is 5.91 Å². The molecule has 0 aliphatic carbocycles. The molecular formula is C13H23N3O2. The van der Waals surface area contributed by atoms with Crippen molar-refractivity contribution in [3.8, 4) is 0 Å². The van der Waals surface area contributed by atoms with Gasteiger partial charge in [-0.2, -0.15) is 0 Å². The predicted octanol–water partition coefficient (Wildman–Crippen LogP) is 1.19. The number of hydrogen-bond acceptors (Lipinski definition) is 3. The van der Waals surface area contributed by atoms with Gasteiger partial charge in [-0.05, 0) is 11.8 Å². The van der Waals surface area contributed by atoms with E-state index < -0.39 is 6.10 Å². The molecule has 0 bridgehead atoms. The number of imidazole rings is 1. The second-order valence-corrected chi connectivity index (χ2v) is 5.77. The van der Waals surface area contributed by atoms with Crippen molar-refractivity contribution in [2.24, 2.45) is 5.41 Å². The number of rotatable bonds is 6. The molecule has 1 aromatic rings. The Bertz CT molecular complexity index is 355. The van der Waals surface area contributed by atoms with Crippen LogP contribution in [0, 0.1) is 5.41 Å². The summed E-state index contributed by atoms with van der Waals surface area (Å²) in [6, 6.07) is 0. The van der Waals surface area contributed by atoms with Crippen LogP contribution >= 0.6 is 0 Å². The van der Waals surface area contributed by atoms with Gasteiger partial charge in [0.15, 0.2) is 0 Å². The molecule has 0 aromatic carbocycles. The van der Waals surface area contributed by atoms with Crippen LogP contribution in [0.4, 0.5) is 0 Å². The topological polar surface area (TPSA) is 67.2 Å². The van der Waals surface area contributed by atoms with E-state index in [0.717, 1.165) is 0 Å². The summed E-state index contributed by atoms with van der Waals surface area (Å²) < 4.78 is 1.85. The molecule has 0 saturated carbocycles. The summed E-state index contributed by atoms with van der Waals surface area (Å²) in [4.78, 5) is 15.5. The number of aliphatic hydroxyl groups excluding tert-OH is 1. The molecule has 0 radical (unpaired) electrons. The minimum absolute atomic E-state index is 0.0448. The van der Waals surface area contributed by atoms with Crippen LogP contribution in [0.25, 0.3) is 0 Å². The summed E-state index contributed by atoms with van der Waals surface area (Å²) in [6.45, 7) is 7.13. The molecule has 5 heteroatoms. The second-order valence-electron chi connectivity index (χ2n) is 5.77. The van der Waals surface area contributed by atoms with Gasteiger partial charge < -0.3 is 15.0 Å². The molecule has 5 nitrogen and oxygen atoms in total. The monoisotopic (exact) mass is 253 g/mol. The minimum atomic E-state index is -0.484. The Kier molecular flexibility index (Phi) is 5.34. The van der Waals surface area contributed by atoms with E-state index >= 15 is 0 Å². The number of carbonyl (C=O) groups excluding carboxylic acids is 1. The largest absolute Gasteiger partial charge is 0.391 e. The first-order valence-corrected chi connectivity index (χ1v) is 6.27. The average molecular weight is 253 g/mol. The highest BCUT2D eigenvalue weighted by atomic mass is 16.3. The van der Waals surface area contributed by atoms with Crippen LogP contribution < -0.4 is 5.32 Å². The second kappa shape index (κ2) is 6.54. The third-order valence-corrected chi connectivity index (χ3v) is 2.54. The number of aryl methyl sites for hydroxylation is 1. The van der Waals surface area contributed by atoms with Crippen molar-refractivity contribution < 1.29 is 9.90 Å². The van der Waals surface area contributed by atoms with E-state index in [1.807, 2.05) is 10.8 Å². The Morgan fingerprint density at radius 1 is 1.50 bits per heavy atom. The Labute approximate surface area is 108 Å². The van der Waals surface area contributed by atoms with Gasteiger partial charge in [-0.3, -0.25) is 4.79 Å². The lowest BCUT2D eigenvalue weighted by molar-refractivity contribution is -0.121. The van der Waals surface area contributed by atoms with Gasteiger partial charge in [0.05, 0.1) is 12.4 Å². The predicted molar refractivity (Wildman–Crippen MR) is 69.9 cm³/mol. The van der Waals surface area contributed by atoms with E-state index in [-0.39, 0.29) is 11.3 Å². The van der Waals surface area contributed by atoms with Crippen molar-refractivity contribution >= 4 is 5.91 Å². The van der Waals surface area contributed by atoms with Crippen molar-refractivity contribution in [2.75, 3.05) is 6.54 Å². The van der Waals surface area contributed by atoms with Crippen molar-refractivity contribution in [3.63, 3.8) is 0 Å². The third kappa shape index (κ3) is 6.39. The molecule has 1 heterocycles. The normalized spacial score (nSPS) is 13.3. The molecule has 0 saturated heterocycles. The first kappa shape index (κ1) is 14.7. The van der Waals surface area contributed by atoms with Crippen LogP contribution in [0.1, 0.15) is 33.6 Å². The Morgan fingerprint density at radius 2 is 2.22 bits per heavy atom. The molecule has 1 amide bonds. The highest BCUT2D eigenvalue weighted by molar-refractivity contribution is 5.75. The molecule has 0 fully saturated rings. The first-order chi connectivity index (χ1) is 8.37. The first-order valence-electron chi connectivity index (χ1n) is 6.27. The standard InChI is InChI=1S/C13H23N3O2/c1-13(2,3)8-11(17)9-15-12(18)4-6-16-7-5-14-10-16/h5,7,10-11,17H,4,6,8-9H2,1-3H3,(H,15,18). The van der Waals surface area contributed by atoms with Crippen LogP contribution in [-0.2, 0) is 11.3 Å². The summed E-state index contributed by atoms with van der Waals surface area (Å²) in [5.74, 6) is -0.0448. The molecule has 0 aliphatic heterocycles. The number of nitrogens with zero attached hydrogens (tertiary/aromatic N) is 2. The molecular weight excluding hydrogens is 230 g/mol. The fourth-order valence-corrected chi connectivity index (χ4v) is 1.75. The molecule has 1 atom stereocenters. The lowest BCUT2D eigenvalue weighted by Crippen LogP contribution is -2.34. The van der Waals surface area contributed by atoms with Crippen LogP contribution in [0.2, 0.25) is 0 Å². The van der Waals surface area contributed by atoms with Gasteiger partial charge >= 0.3 is 0 Å². The van der Waals surface area contributed by atoms with E-state index in [1.165, 1.54) is 0 Å². The number of aliphatic hydroxyl groups is 1. The zero-order valence-electron chi connectivity index (χ0n) is 11.4. The van der Waals surface area contributed by atoms with Crippen LogP contribution in [0.5, 0.6) is 0 Å². The molecule has 0 aliphatic rings. The zero-order valence-corrected chi connectivity index (χ0v) is 11.4. The summed E-state index contributed by atoms with van der Waals surface area (Å²) in [6.07, 6.45) is 5.78. The van der Waals surface area contributed by atoms with E-state index in [1.54, 1.807) is 12.5 Å². The molecule has 1 unspecified atom stereocenters. The van der Waals surface area contributed by atoms with Gasteiger partial charge in [0.1, 0.15) is 0 Å². The van der Waals surface area contributed by atoms with Crippen molar-refractivity contribution in [1.29, 1.82) is 0 Å². The lowest BCUT2D eigenvalue weighted by Gasteiger charge is -2.22. The van der Waals surface area contributed by atoms with Crippen LogP contribution in [0.3, 0.4) is 0 Å². The van der Waals surface area contributed by atoms with Crippen LogP contribution in [0.15, 0.2) is 18.7 Å². The number of aromatic nitrogens is 2. The number of carbonyl (C=O) groups is 1. The summed E-state index contributed by atoms with van der Waals surface area (Å²) in [5, 5.41) is 12.5. The van der Waals surface area contributed by atoms with Gasteiger partial charge in [0.25, 0.3) is 0 Å². The summed E-state index contributed by atoms with van der Waals surface area (Å²) >= 11 is 0. The molecule has 2 N–H and O–H groups in total. The highest BCUT2D eigenvalue weighted by Gasteiger charge is 2.17. The van der Waals surface area contributed by atoms with Crippen molar-refractivity contribution in [3.05, 3.63) is 18.7 Å². The quantitative estimate of drug-likeness (QED) is 0.800. The van der Waals surface area contributed by atoms with Gasteiger partial charge in [0, 0.05) is 31.9 Å². The lowest BCUT2D eigenvalue weighted by atomic mass is 9.89. The molecule has 1 rings (SSSR count). The Morgan fingerprint density at radius 3 is 2.78 bits per heavy atom. The van der Waals surface area contributed by atoms with Crippen molar-refractivity contribution in [2.45, 2.75) is 46.3 Å². The van der Waals surface area contributed by atoms with Crippen LogP contribution in [-0.4, -0.2) is 33.2 Å². The summed E-state index contributed by atoms with van der Waals surface area (Å²) in [5.41, 5.74) is 0.0704. The number of nitrogens with one attached hydrogen (secondary N) is 1. The van der Waals surface area contributed by atoms with E-state index in [9.17, 15) is 9.90 Å². The van der Waals surface area contributed by atoms with E-state index in [4.69, 9.17) is 0 Å². The van der Waals surface area contributed by atoms with Gasteiger partial charge in [-0.25, -0.2) is 4.98 Å². The van der Waals surface area contributed by atoms with Crippen molar-refractivity contribution in [1.82, 2.24) is 14.9 Å². The minimum Gasteiger partial charge on any atom is -0.391 e. The molecule has 0 spiro atoms. The Balaban J connectivity index is 2.17. The Hall–Kier alpha value is -1.36. The maximum atomic E-state index is 11.6. The maximum Gasteiger partial charge on any atom is 0.221 e. The maximum absolute atomic E-state index is 11.6. The fraction of sp³-hybridized carbons (Fsp3) is 0.692. The number of amides is 1. The fourth-order valence-electron chi connectivity index (χ4n) is 1.75. The summed E-state index contributed by atoms with van der Waals surface area (Å²) in [7, 11) is 0. The van der Waals surface area contributed by atoms with E-state index in [0.29, 0.717) is 25.9 Å². The van der Waals surface area contributed by atoms with E-state index in [2.05, 4.69) is 31.1 Å². The van der Waals surface area contributed by atoms with Gasteiger partial charge in [-0.1, -0.05) is 20.8 Å². The molecule has 18 heavy (non-hydrogen) atoms. The third-order valence-electron chi connectivity index (χ3n) is 2.54. The highest BCUT2D eigenvalue weighted by Crippen LogP contribution is 2.20. The van der Waals surface area contributed by atoms with Gasteiger partial charge in [-0.15, -0.1) is 0 Å². The molecule has 102 valence electrons. The molecule has 1 aromatic heterocycles. The SMILES string of the molecule is CC(C)(C)CC(O)CNC(=O)CCn1ccnc1. The smallest absolute Gasteiger partial charge is 0.221 e. The zero-order chi connectivity index (χ0) is 13.6. The average Bonchev–Trinajstić information content (AvgIpc) is 2.74.